The summed E-state index contributed by atoms with van der Waals surface area (Å²) in [6.07, 6.45) is -3.45. The first-order valence-corrected chi connectivity index (χ1v) is 10.4. The number of hydrogen-bond acceptors (Lipinski definition) is 5. The quantitative estimate of drug-likeness (QED) is 0.625. The Morgan fingerprint density at radius 1 is 1.22 bits per heavy atom. The molecule has 1 N–H and O–H groups in total. The second-order valence-electron chi connectivity index (χ2n) is 7.77. The van der Waals surface area contributed by atoms with Gasteiger partial charge in [0.05, 0.1) is 23.6 Å². The zero-order valence-corrected chi connectivity index (χ0v) is 17.7. The van der Waals surface area contributed by atoms with Crippen LogP contribution in [0.15, 0.2) is 30.3 Å². The molecule has 4 rings (SSSR count). The number of likely N-dealkylation sites (tertiary alicyclic amines) is 1. The van der Waals surface area contributed by atoms with E-state index in [0.29, 0.717) is 60.7 Å². The van der Waals surface area contributed by atoms with Crippen LogP contribution in [0.2, 0.25) is 0 Å². The third kappa shape index (κ3) is 4.09. The Morgan fingerprint density at radius 3 is 2.47 bits per heavy atom. The van der Waals surface area contributed by atoms with Crippen molar-refractivity contribution in [2.45, 2.75) is 38.8 Å². The third-order valence-corrected chi connectivity index (χ3v) is 5.71. The molecule has 1 amide bonds. The number of amides is 1. The number of ether oxygens (including phenoxy) is 1. The maximum Gasteiger partial charge on any atom is 0.416 e. The molecule has 0 atom stereocenters. The number of benzene rings is 1. The number of fused-ring (bicyclic) bond motifs is 1. The molecule has 3 heterocycles. The van der Waals surface area contributed by atoms with E-state index in [0.717, 1.165) is 12.1 Å². The fourth-order valence-corrected chi connectivity index (χ4v) is 4.07. The van der Waals surface area contributed by atoms with E-state index in [1.54, 1.807) is 24.8 Å². The van der Waals surface area contributed by atoms with E-state index in [1.807, 2.05) is 0 Å². The number of aryl methyl sites for hydroxylation is 1. The van der Waals surface area contributed by atoms with Crippen molar-refractivity contribution >= 4 is 11.7 Å². The average molecular weight is 448 g/mol. The van der Waals surface area contributed by atoms with Gasteiger partial charge in [-0.3, -0.25) is 0 Å². The van der Waals surface area contributed by atoms with E-state index in [2.05, 4.69) is 5.10 Å². The summed E-state index contributed by atoms with van der Waals surface area (Å²) in [6, 6.07) is 6.37. The minimum absolute atomic E-state index is 0.0206. The monoisotopic (exact) mass is 448 g/mol. The van der Waals surface area contributed by atoms with Crippen LogP contribution in [0.3, 0.4) is 0 Å². The number of carbonyl (C=O) groups excluding carboxylic acids is 1. The van der Waals surface area contributed by atoms with Crippen molar-refractivity contribution in [3.63, 3.8) is 0 Å². The van der Waals surface area contributed by atoms with E-state index in [1.165, 1.54) is 16.6 Å². The lowest BCUT2D eigenvalue weighted by molar-refractivity contribution is -0.137. The predicted octanol–water partition coefficient (Wildman–Crippen LogP) is 4.77. The lowest BCUT2D eigenvalue weighted by Gasteiger charge is -2.31. The molecule has 3 aromatic rings. The first-order valence-electron chi connectivity index (χ1n) is 10.4. The number of nitrogens with zero attached hydrogens (tertiary/aromatic N) is 4. The number of aromatic hydroxyl groups is 1. The van der Waals surface area contributed by atoms with Gasteiger partial charge in [-0.1, -0.05) is 12.1 Å². The maximum atomic E-state index is 12.9. The number of hydrogen-bond donors (Lipinski definition) is 1. The normalized spacial score (nSPS) is 15.3. The third-order valence-electron chi connectivity index (χ3n) is 5.71. The number of rotatable bonds is 3. The summed E-state index contributed by atoms with van der Waals surface area (Å²) in [7, 11) is 0. The largest absolute Gasteiger partial charge is 0.493 e. The van der Waals surface area contributed by atoms with Crippen molar-refractivity contribution in [2.24, 2.45) is 0 Å². The predicted molar refractivity (Wildman–Crippen MR) is 110 cm³/mol. The molecular weight excluding hydrogens is 425 g/mol. The molecule has 10 heteroatoms. The first-order chi connectivity index (χ1) is 15.2. The summed E-state index contributed by atoms with van der Waals surface area (Å²) >= 11 is 0. The van der Waals surface area contributed by atoms with Gasteiger partial charge in [-0.2, -0.15) is 22.8 Å². The highest BCUT2D eigenvalue weighted by Crippen LogP contribution is 2.35. The molecule has 7 nitrogen and oxygen atoms in total. The van der Waals surface area contributed by atoms with Gasteiger partial charge in [0, 0.05) is 30.6 Å². The molecule has 2 aromatic heterocycles. The van der Waals surface area contributed by atoms with Gasteiger partial charge in [0.1, 0.15) is 0 Å². The molecule has 0 radical (unpaired) electrons. The van der Waals surface area contributed by atoms with Gasteiger partial charge >= 0.3 is 12.3 Å². The van der Waals surface area contributed by atoms with Crippen LogP contribution in [0.1, 0.15) is 42.6 Å². The van der Waals surface area contributed by atoms with Gasteiger partial charge < -0.3 is 14.7 Å². The van der Waals surface area contributed by atoms with Crippen LogP contribution in [0, 0.1) is 6.92 Å². The summed E-state index contributed by atoms with van der Waals surface area (Å²) in [5.41, 5.74) is 1.95. The lowest BCUT2D eigenvalue weighted by Crippen LogP contribution is -2.38. The molecular formula is C22H23F3N4O3. The Morgan fingerprint density at radius 2 is 1.88 bits per heavy atom. The van der Waals surface area contributed by atoms with Crippen LogP contribution in [0.5, 0.6) is 5.88 Å². The highest BCUT2D eigenvalue weighted by atomic mass is 19.4. The van der Waals surface area contributed by atoms with E-state index >= 15 is 0 Å². The van der Waals surface area contributed by atoms with Crippen molar-refractivity contribution in [3.05, 3.63) is 47.3 Å². The van der Waals surface area contributed by atoms with Crippen molar-refractivity contribution in [1.29, 1.82) is 0 Å². The molecule has 0 spiro atoms. The molecule has 0 bridgehead atoms. The smallest absolute Gasteiger partial charge is 0.416 e. The molecule has 0 unspecified atom stereocenters. The Hall–Kier alpha value is -3.30. The minimum Gasteiger partial charge on any atom is -0.493 e. The summed E-state index contributed by atoms with van der Waals surface area (Å²) in [5.74, 6) is -0.0775. The van der Waals surface area contributed by atoms with Crippen LogP contribution in [-0.2, 0) is 10.9 Å². The number of aromatic nitrogens is 3. The van der Waals surface area contributed by atoms with Gasteiger partial charge in [0.25, 0.3) is 0 Å². The van der Waals surface area contributed by atoms with Gasteiger partial charge in [0.15, 0.2) is 5.65 Å². The minimum atomic E-state index is -4.42. The molecule has 1 aliphatic rings. The van der Waals surface area contributed by atoms with Crippen LogP contribution in [-0.4, -0.2) is 50.4 Å². The van der Waals surface area contributed by atoms with Crippen LogP contribution < -0.4 is 0 Å². The number of alkyl halides is 3. The van der Waals surface area contributed by atoms with Gasteiger partial charge in [-0.05, 0) is 44.4 Å². The van der Waals surface area contributed by atoms with Crippen molar-refractivity contribution < 1.29 is 27.8 Å². The molecule has 1 fully saturated rings. The molecule has 1 aliphatic heterocycles. The van der Waals surface area contributed by atoms with Crippen LogP contribution >= 0.6 is 0 Å². The number of carbonyl (C=O) groups is 1. The second kappa shape index (κ2) is 8.33. The second-order valence-corrected chi connectivity index (χ2v) is 7.77. The Bertz CT molecular complexity index is 1130. The SMILES string of the molecule is CCOC(=O)N1CCC(c2cc(O)n3nc(C)c(-c4ccc(C(F)(F)F)cc4)c3n2)CC1. The number of halogens is 3. The molecule has 0 saturated carbocycles. The highest BCUT2D eigenvalue weighted by molar-refractivity contribution is 5.80. The number of piperidine rings is 1. The average Bonchev–Trinajstić information content (AvgIpc) is 3.10. The van der Waals surface area contributed by atoms with Crippen LogP contribution in [0.4, 0.5) is 18.0 Å². The fraction of sp³-hybridized carbons (Fsp3) is 0.409. The van der Waals surface area contributed by atoms with Crippen LogP contribution in [0.25, 0.3) is 16.8 Å². The van der Waals surface area contributed by atoms with Crippen molar-refractivity contribution in [1.82, 2.24) is 19.5 Å². The zero-order chi connectivity index (χ0) is 23.0. The Labute approximate surface area is 182 Å². The zero-order valence-electron chi connectivity index (χ0n) is 17.7. The van der Waals surface area contributed by atoms with Crippen molar-refractivity contribution in [3.8, 4) is 17.0 Å². The Balaban J connectivity index is 1.66. The van der Waals surface area contributed by atoms with E-state index in [9.17, 15) is 23.1 Å². The molecule has 1 aromatic carbocycles. The summed E-state index contributed by atoms with van der Waals surface area (Å²) in [6.45, 7) is 4.83. The topological polar surface area (TPSA) is 80.0 Å². The van der Waals surface area contributed by atoms with E-state index in [4.69, 9.17) is 9.72 Å². The highest BCUT2D eigenvalue weighted by Gasteiger charge is 2.31. The van der Waals surface area contributed by atoms with E-state index < -0.39 is 11.7 Å². The Kier molecular flexibility index (Phi) is 5.70. The van der Waals surface area contributed by atoms with Gasteiger partial charge in [0.2, 0.25) is 5.88 Å². The molecule has 32 heavy (non-hydrogen) atoms. The summed E-state index contributed by atoms with van der Waals surface area (Å²) in [4.78, 5) is 18.3. The summed E-state index contributed by atoms with van der Waals surface area (Å²) in [5, 5.41) is 14.9. The maximum absolute atomic E-state index is 12.9. The first kappa shape index (κ1) is 21.9. The standard InChI is InChI=1S/C22H23F3N4O3/c1-3-32-21(31)28-10-8-14(9-11-28)17-12-18(30)29-20(26-17)19(13(2)27-29)15-4-6-16(7-5-15)22(23,24)25/h4-7,12,14,30H,3,8-11H2,1-2H3. The molecule has 1 saturated heterocycles. The lowest BCUT2D eigenvalue weighted by atomic mass is 9.93. The van der Waals surface area contributed by atoms with E-state index in [-0.39, 0.29) is 17.9 Å². The fourth-order valence-electron chi connectivity index (χ4n) is 4.07. The molecule has 0 aliphatic carbocycles. The van der Waals surface area contributed by atoms with Crippen molar-refractivity contribution in [2.75, 3.05) is 19.7 Å². The molecule has 170 valence electrons. The van der Waals surface area contributed by atoms with Gasteiger partial charge in [-0.15, -0.1) is 0 Å². The summed E-state index contributed by atoms with van der Waals surface area (Å²) < 4.78 is 45.1. The van der Waals surface area contributed by atoms with Gasteiger partial charge in [-0.25, -0.2) is 9.78 Å².